The van der Waals surface area contributed by atoms with E-state index in [1.54, 1.807) is 0 Å². The number of aromatic nitrogens is 1. The van der Waals surface area contributed by atoms with Crippen LogP contribution in [-0.2, 0) is 11.2 Å². The van der Waals surface area contributed by atoms with Crippen LogP contribution in [0.2, 0.25) is 0 Å². The Morgan fingerprint density at radius 1 is 1.24 bits per heavy atom. The lowest BCUT2D eigenvalue weighted by molar-refractivity contribution is -0.139. The second-order valence-corrected chi connectivity index (χ2v) is 7.69. The van der Waals surface area contributed by atoms with Gasteiger partial charge >= 0.3 is 0 Å². The van der Waals surface area contributed by atoms with E-state index in [9.17, 15) is 4.79 Å². The molecule has 1 amide bonds. The zero-order valence-electron chi connectivity index (χ0n) is 15.1. The number of piperidine rings is 1. The van der Waals surface area contributed by atoms with Crippen molar-refractivity contribution in [1.82, 2.24) is 15.2 Å². The van der Waals surface area contributed by atoms with Crippen LogP contribution in [0.4, 0.5) is 0 Å². The van der Waals surface area contributed by atoms with Crippen molar-refractivity contribution in [1.29, 1.82) is 0 Å². The number of nitrogens with one attached hydrogen (secondary N) is 2. The number of carbonyl (C=O) groups is 1. The fraction of sp³-hybridized carbons (Fsp3) is 0.571. The lowest BCUT2D eigenvalue weighted by Crippen LogP contribution is -2.55. The summed E-state index contributed by atoms with van der Waals surface area (Å²) in [5.41, 5.74) is 2.37. The highest BCUT2D eigenvalue weighted by Gasteiger charge is 2.37. The fourth-order valence-electron chi connectivity index (χ4n) is 4.93. The molecule has 2 fully saturated rings. The highest BCUT2D eigenvalue weighted by Crippen LogP contribution is 2.35. The molecule has 0 radical (unpaired) electrons. The van der Waals surface area contributed by atoms with Gasteiger partial charge in [-0.15, -0.1) is 0 Å². The number of hydrogen-bond donors (Lipinski definition) is 2. The van der Waals surface area contributed by atoms with Gasteiger partial charge in [0.2, 0.25) is 5.91 Å². The minimum Gasteiger partial charge on any atom is -0.361 e. The molecule has 4 rings (SSSR count). The van der Waals surface area contributed by atoms with Crippen molar-refractivity contribution in [2.45, 2.75) is 57.0 Å². The number of para-hydroxylation sites is 1. The van der Waals surface area contributed by atoms with Crippen LogP contribution >= 0.6 is 0 Å². The first-order valence-corrected chi connectivity index (χ1v) is 9.80. The van der Waals surface area contributed by atoms with Crippen molar-refractivity contribution >= 4 is 16.8 Å². The SMILES string of the molecule is CNC(Cc1c[nH]c2ccccc12)C(=O)N1CCCC2CCCCC21. The van der Waals surface area contributed by atoms with Gasteiger partial charge in [0, 0.05) is 29.7 Å². The molecule has 2 aliphatic rings. The third-order valence-corrected chi connectivity index (χ3v) is 6.27. The van der Waals surface area contributed by atoms with E-state index >= 15 is 0 Å². The Balaban J connectivity index is 1.52. The molecular formula is C21H29N3O. The van der Waals surface area contributed by atoms with Gasteiger partial charge in [0.15, 0.2) is 0 Å². The number of H-pyrrole nitrogens is 1. The van der Waals surface area contributed by atoms with Crippen molar-refractivity contribution in [2.75, 3.05) is 13.6 Å². The maximum Gasteiger partial charge on any atom is 0.240 e. The number of amides is 1. The maximum atomic E-state index is 13.3. The van der Waals surface area contributed by atoms with Gasteiger partial charge in [0.25, 0.3) is 0 Å². The van der Waals surface area contributed by atoms with Gasteiger partial charge in [-0.05, 0) is 56.7 Å². The summed E-state index contributed by atoms with van der Waals surface area (Å²) in [7, 11) is 1.92. The molecule has 4 heteroatoms. The molecule has 4 nitrogen and oxygen atoms in total. The van der Waals surface area contributed by atoms with Crippen LogP contribution in [0.3, 0.4) is 0 Å². The summed E-state index contributed by atoms with van der Waals surface area (Å²) in [6.45, 7) is 0.937. The summed E-state index contributed by atoms with van der Waals surface area (Å²) in [5, 5.41) is 4.52. The number of benzene rings is 1. The Hall–Kier alpha value is -1.81. The smallest absolute Gasteiger partial charge is 0.240 e. The lowest BCUT2D eigenvalue weighted by Gasteiger charge is -2.45. The van der Waals surface area contributed by atoms with Crippen LogP contribution in [0.15, 0.2) is 30.5 Å². The van der Waals surface area contributed by atoms with Gasteiger partial charge in [0.1, 0.15) is 0 Å². The zero-order valence-corrected chi connectivity index (χ0v) is 15.1. The summed E-state index contributed by atoms with van der Waals surface area (Å²) >= 11 is 0. The number of rotatable bonds is 4. The van der Waals surface area contributed by atoms with Gasteiger partial charge in [-0.2, -0.15) is 0 Å². The highest BCUT2D eigenvalue weighted by molar-refractivity contribution is 5.86. The van der Waals surface area contributed by atoms with Crippen LogP contribution in [0.25, 0.3) is 10.9 Å². The average molecular weight is 339 g/mol. The molecule has 134 valence electrons. The largest absolute Gasteiger partial charge is 0.361 e. The van der Waals surface area contributed by atoms with Crippen molar-refractivity contribution in [3.63, 3.8) is 0 Å². The molecule has 3 atom stereocenters. The monoisotopic (exact) mass is 339 g/mol. The first-order valence-electron chi connectivity index (χ1n) is 9.80. The van der Waals surface area contributed by atoms with Crippen molar-refractivity contribution in [3.05, 3.63) is 36.0 Å². The van der Waals surface area contributed by atoms with Gasteiger partial charge in [-0.25, -0.2) is 0 Å². The predicted octanol–water partition coefficient (Wildman–Crippen LogP) is 3.48. The highest BCUT2D eigenvalue weighted by atomic mass is 16.2. The molecule has 0 spiro atoms. The summed E-state index contributed by atoms with van der Waals surface area (Å²) in [4.78, 5) is 18.8. The van der Waals surface area contributed by atoms with Crippen LogP contribution in [-0.4, -0.2) is 41.5 Å². The second kappa shape index (κ2) is 7.20. The topological polar surface area (TPSA) is 48.1 Å². The Labute approximate surface area is 150 Å². The molecule has 2 aromatic rings. The first-order chi connectivity index (χ1) is 12.3. The number of fused-ring (bicyclic) bond motifs is 2. The zero-order chi connectivity index (χ0) is 17.2. The standard InChI is InChI=1S/C21H29N3O/c1-22-19(13-16-14-23-18-10-4-3-9-17(16)18)21(25)24-12-6-8-15-7-2-5-11-20(15)24/h3-4,9-10,14-15,19-20,22-23H,2,5-8,11-13H2,1H3. The number of likely N-dealkylation sites (N-methyl/N-ethyl adjacent to an activating group) is 1. The molecule has 1 aliphatic carbocycles. The van der Waals surface area contributed by atoms with E-state index in [1.165, 1.54) is 43.1 Å². The molecule has 1 aromatic heterocycles. The molecule has 0 bridgehead atoms. The van der Waals surface area contributed by atoms with Crippen molar-refractivity contribution < 1.29 is 4.79 Å². The number of likely N-dealkylation sites (tertiary alicyclic amines) is 1. The van der Waals surface area contributed by atoms with E-state index in [-0.39, 0.29) is 6.04 Å². The van der Waals surface area contributed by atoms with E-state index in [2.05, 4.69) is 39.6 Å². The predicted molar refractivity (Wildman–Crippen MR) is 102 cm³/mol. The Morgan fingerprint density at radius 3 is 2.92 bits per heavy atom. The third kappa shape index (κ3) is 3.20. The maximum absolute atomic E-state index is 13.3. The Morgan fingerprint density at radius 2 is 2.04 bits per heavy atom. The van der Waals surface area contributed by atoms with Crippen LogP contribution in [0.5, 0.6) is 0 Å². The third-order valence-electron chi connectivity index (χ3n) is 6.27. The minimum absolute atomic E-state index is 0.139. The Bertz CT molecular complexity index is 736. The molecule has 2 heterocycles. The van der Waals surface area contributed by atoms with Gasteiger partial charge in [-0.3, -0.25) is 4.79 Å². The van der Waals surface area contributed by atoms with Crippen molar-refractivity contribution in [3.8, 4) is 0 Å². The van der Waals surface area contributed by atoms with Crippen LogP contribution < -0.4 is 5.32 Å². The number of aromatic amines is 1. The molecular weight excluding hydrogens is 310 g/mol. The lowest BCUT2D eigenvalue weighted by atomic mass is 9.78. The second-order valence-electron chi connectivity index (χ2n) is 7.69. The quantitative estimate of drug-likeness (QED) is 0.896. The van der Waals surface area contributed by atoms with E-state index in [0.29, 0.717) is 11.9 Å². The summed E-state index contributed by atoms with van der Waals surface area (Å²) in [6.07, 6.45) is 10.4. The fourth-order valence-corrected chi connectivity index (χ4v) is 4.93. The van der Waals surface area contributed by atoms with E-state index in [4.69, 9.17) is 0 Å². The normalized spacial score (nSPS) is 24.9. The Kier molecular flexibility index (Phi) is 4.80. The number of nitrogens with zero attached hydrogens (tertiary/aromatic N) is 1. The molecule has 25 heavy (non-hydrogen) atoms. The van der Waals surface area contributed by atoms with Crippen molar-refractivity contribution in [2.24, 2.45) is 5.92 Å². The van der Waals surface area contributed by atoms with Crippen LogP contribution in [0, 0.1) is 5.92 Å². The first kappa shape index (κ1) is 16.6. The van der Waals surface area contributed by atoms with Crippen LogP contribution in [0.1, 0.15) is 44.1 Å². The molecule has 1 aromatic carbocycles. The molecule has 1 saturated carbocycles. The van der Waals surface area contributed by atoms with E-state index < -0.39 is 0 Å². The molecule has 2 N–H and O–H groups in total. The molecule has 1 aliphatic heterocycles. The number of carbonyl (C=O) groups excluding carboxylic acids is 1. The summed E-state index contributed by atoms with van der Waals surface area (Å²) in [5.74, 6) is 1.03. The van der Waals surface area contributed by atoms with Gasteiger partial charge in [0.05, 0.1) is 6.04 Å². The summed E-state index contributed by atoms with van der Waals surface area (Å²) in [6, 6.07) is 8.67. The average Bonchev–Trinajstić information content (AvgIpc) is 3.08. The summed E-state index contributed by atoms with van der Waals surface area (Å²) < 4.78 is 0. The minimum atomic E-state index is -0.139. The van der Waals surface area contributed by atoms with E-state index in [1.807, 2.05) is 13.1 Å². The molecule has 1 saturated heterocycles. The number of hydrogen-bond acceptors (Lipinski definition) is 2. The van der Waals surface area contributed by atoms with Gasteiger partial charge < -0.3 is 15.2 Å². The van der Waals surface area contributed by atoms with E-state index in [0.717, 1.165) is 30.8 Å². The molecule has 3 unspecified atom stereocenters. The van der Waals surface area contributed by atoms with Gasteiger partial charge in [-0.1, -0.05) is 31.0 Å².